The Bertz CT molecular complexity index is 1380. The van der Waals surface area contributed by atoms with Crippen LogP contribution < -0.4 is 21.3 Å². The largest absolute Gasteiger partial charge is 0.456 e. The summed E-state index contributed by atoms with van der Waals surface area (Å²) >= 11 is 6.41. The molecule has 1 aromatic carbocycles. The van der Waals surface area contributed by atoms with Crippen molar-refractivity contribution in [2.45, 2.75) is 85.1 Å². The maximum absolute atomic E-state index is 14.3. The van der Waals surface area contributed by atoms with E-state index in [2.05, 4.69) is 10.6 Å². The minimum absolute atomic E-state index is 0.0489. The van der Waals surface area contributed by atoms with Crippen LogP contribution in [0.4, 0.5) is 25.5 Å². The SMILES string of the molecule is CC(=O)c1c(NC(N)=O)c(C(=O)OC(C)(C)C)c(N2CCC[C@@H](NC(=O)OC(C)(C)C)C2)n1Cc1cc(F)ccc1Cl. The zero-order valence-electron chi connectivity index (χ0n) is 25.0. The van der Waals surface area contributed by atoms with Crippen LogP contribution in [0.2, 0.25) is 5.02 Å². The van der Waals surface area contributed by atoms with Gasteiger partial charge in [-0.15, -0.1) is 0 Å². The molecule has 1 atom stereocenters. The molecule has 13 heteroatoms. The summed E-state index contributed by atoms with van der Waals surface area (Å²) in [5, 5.41) is 5.55. The Balaban J connectivity index is 2.24. The fourth-order valence-corrected chi connectivity index (χ4v) is 5.00. The van der Waals surface area contributed by atoms with Gasteiger partial charge in [-0.1, -0.05) is 11.6 Å². The van der Waals surface area contributed by atoms with Crippen LogP contribution in [0.5, 0.6) is 0 Å². The number of anilines is 2. The summed E-state index contributed by atoms with van der Waals surface area (Å²) in [5.74, 6) is -1.62. The van der Waals surface area contributed by atoms with Crippen LogP contribution in [-0.2, 0) is 16.0 Å². The number of ether oxygens (including phenoxy) is 2. The van der Waals surface area contributed by atoms with Crippen molar-refractivity contribution in [3.05, 3.63) is 45.9 Å². The minimum Gasteiger partial charge on any atom is -0.456 e. The molecule has 0 unspecified atom stereocenters. The summed E-state index contributed by atoms with van der Waals surface area (Å²) in [6.45, 7) is 12.1. The highest BCUT2D eigenvalue weighted by molar-refractivity contribution is 6.31. The minimum atomic E-state index is -1.00. The number of carbonyl (C=O) groups is 4. The van der Waals surface area contributed by atoms with Gasteiger partial charge in [-0.2, -0.15) is 0 Å². The number of ketones is 1. The number of nitrogens with zero attached hydrogens (tertiary/aromatic N) is 2. The number of halogens is 2. The monoisotopic (exact) mass is 607 g/mol. The number of alkyl carbamates (subject to hydrolysis) is 1. The Labute approximate surface area is 249 Å². The lowest BCUT2D eigenvalue weighted by atomic mass is 10.0. The molecule has 230 valence electrons. The molecule has 0 aliphatic carbocycles. The number of primary amides is 1. The predicted octanol–water partition coefficient (Wildman–Crippen LogP) is 5.47. The molecule has 0 radical (unpaired) electrons. The molecule has 3 rings (SSSR count). The summed E-state index contributed by atoms with van der Waals surface area (Å²) in [6, 6.07) is 2.44. The molecule has 11 nitrogen and oxygen atoms in total. The summed E-state index contributed by atoms with van der Waals surface area (Å²) in [6.07, 6.45) is 0.637. The van der Waals surface area contributed by atoms with E-state index < -0.39 is 40.9 Å². The maximum atomic E-state index is 14.3. The molecule has 1 aliphatic rings. The number of rotatable bonds is 7. The van der Waals surface area contributed by atoms with Gasteiger partial charge in [0.1, 0.15) is 34.1 Å². The van der Waals surface area contributed by atoms with Crippen LogP contribution in [-0.4, -0.2) is 58.8 Å². The van der Waals surface area contributed by atoms with Crippen molar-refractivity contribution in [1.82, 2.24) is 9.88 Å². The first-order valence-electron chi connectivity index (χ1n) is 13.6. The molecule has 3 amide bonds. The first-order chi connectivity index (χ1) is 19.4. The number of urea groups is 1. The lowest BCUT2D eigenvalue weighted by molar-refractivity contribution is 0.00707. The van der Waals surface area contributed by atoms with Crippen LogP contribution in [0.1, 0.15) is 87.7 Å². The van der Waals surface area contributed by atoms with E-state index in [1.54, 1.807) is 41.5 Å². The predicted molar refractivity (Wildman–Crippen MR) is 158 cm³/mol. The number of piperidine rings is 1. The van der Waals surface area contributed by atoms with Crippen LogP contribution in [0, 0.1) is 5.82 Å². The molecule has 2 heterocycles. The van der Waals surface area contributed by atoms with E-state index in [0.717, 1.165) is 0 Å². The third-order valence-corrected chi connectivity index (χ3v) is 6.57. The second kappa shape index (κ2) is 12.6. The smallest absolute Gasteiger partial charge is 0.407 e. The van der Waals surface area contributed by atoms with Gasteiger partial charge in [-0.3, -0.25) is 4.79 Å². The van der Waals surface area contributed by atoms with E-state index in [4.69, 9.17) is 26.8 Å². The topological polar surface area (TPSA) is 145 Å². The molecule has 0 spiro atoms. The van der Waals surface area contributed by atoms with Crippen LogP contribution in [0.25, 0.3) is 0 Å². The fourth-order valence-electron chi connectivity index (χ4n) is 4.82. The summed E-state index contributed by atoms with van der Waals surface area (Å²) in [5.41, 5.74) is 3.91. The summed E-state index contributed by atoms with van der Waals surface area (Å²) < 4.78 is 26.9. The zero-order chi connectivity index (χ0) is 31.6. The second-order valence-electron chi connectivity index (χ2n) is 12.2. The van der Waals surface area contributed by atoms with Gasteiger partial charge in [0.25, 0.3) is 0 Å². The summed E-state index contributed by atoms with van der Waals surface area (Å²) in [7, 11) is 0. The van der Waals surface area contributed by atoms with E-state index in [-0.39, 0.29) is 46.9 Å². The van der Waals surface area contributed by atoms with Gasteiger partial charge in [-0.05, 0) is 78.1 Å². The van der Waals surface area contributed by atoms with Crippen LogP contribution >= 0.6 is 11.6 Å². The van der Waals surface area contributed by atoms with Crippen LogP contribution in [0.3, 0.4) is 0 Å². The third-order valence-electron chi connectivity index (χ3n) is 6.20. The van der Waals surface area contributed by atoms with Gasteiger partial charge >= 0.3 is 18.1 Å². The Hall–Kier alpha value is -3.80. The number of aromatic nitrogens is 1. The number of amides is 3. The van der Waals surface area contributed by atoms with Crippen molar-refractivity contribution in [2.24, 2.45) is 5.73 Å². The fraction of sp³-hybridized carbons (Fsp3) is 0.517. The van der Waals surface area contributed by atoms with Crippen molar-refractivity contribution >= 4 is 47.0 Å². The number of hydrogen-bond acceptors (Lipinski definition) is 7. The number of benzene rings is 1. The van der Waals surface area contributed by atoms with E-state index in [0.29, 0.717) is 24.9 Å². The summed E-state index contributed by atoms with van der Waals surface area (Å²) in [4.78, 5) is 53.4. The highest BCUT2D eigenvalue weighted by Crippen LogP contribution is 2.39. The molecule has 42 heavy (non-hydrogen) atoms. The Morgan fingerprint density at radius 1 is 1.10 bits per heavy atom. The molecule has 1 fully saturated rings. The van der Waals surface area contributed by atoms with Gasteiger partial charge in [0, 0.05) is 31.1 Å². The molecule has 1 saturated heterocycles. The standard InChI is InChI=1S/C29H39ClFN5O6/c1-16(37)23-22(34-26(32)39)21(25(38)41-28(2,3)4)24(36(23)14-17-13-18(31)10-11-20(17)30)35-12-8-9-19(15-35)33-27(40)42-29(5,6)7/h10-11,13,19H,8-9,12,14-15H2,1-7H3,(H,33,40)(H3,32,34,39)/t19-/m1/s1. The molecule has 1 aromatic heterocycles. The molecule has 2 aromatic rings. The molecule has 0 bridgehead atoms. The van der Waals surface area contributed by atoms with E-state index in [9.17, 15) is 23.6 Å². The molecule has 1 aliphatic heterocycles. The van der Waals surface area contributed by atoms with E-state index >= 15 is 0 Å². The van der Waals surface area contributed by atoms with Crippen molar-refractivity contribution in [3.8, 4) is 0 Å². The zero-order valence-corrected chi connectivity index (χ0v) is 25.8. The van der Waals surface area contributed by atoms with Gasteiger partial charge in [0.05, 0.1) is 12.2 Å². The molecule has 4 N–H and O–H groups in total. The Morgan fingerprint density at radius 3 is 2.31 bits per heavy atom. The van der Waals surface area contributed by atoms with Gasteiger partial charge in [-0.25, -0.2) is 18.8 Å². The maximum Gasteiger partial charge on any atom is 0.407 e. The van der Waals surface area contributed by atoms with E-state index in [1.807, 2.05) is 4.90 Å². The number of nitrogens with two attached hydrogens (primary N) is 1. The van der Waals surface area contributed by atoms with Crippen LogP contribution in [0.15, 0.2) is 18.2 Å². The normalized spacial score (nSPS) is 15.6. The second-order valence-corrected chi connectivity index (χ2v) is 12.6. The van der Waals surface area contributed by atoms with Crippen molar-refractivity contribution < 1.29 is 33.0 Å². The number of Topliss-reactive ketones (excluding diaryl/α,β-unsaturated/α-hetero) is 1. The molecular weight excluding hydrogens is 569 g/mol. The highest BCUT2D eigenvalue weighted by Gasteiger charge is 2.37. The Kier molecular flexibility index (Phi) is 9.81. The third kappa shape index (κ3) is 8.37. The number of carbonyl (C=O) groups excluding carboxylic acids is 4. The quantitative estimate of drug-likeness (QED) is 0.279. The molecular formula is C29H39ClFN5O6. The highest BCUT2D eigenvalue weighted by atomic mass is 35.5. The average molecular weight is 608 g/mol. The Morgan fingerprint density at radius 2 is 1.74 bits per heavy atom. The van der Waals surface area contributed by atoms with E-state index in [1.165, 1.54) is 29.7 Å². The van der Waals surface area contributed by atoms with Gasteiger partial charge in [0.15, 0.2) is 5.78 Å². The van der Waals surface area contributed by atoms with Crippen molar-refractivity contribution in [2.75, 3.05) is 23.3 Å². The lowest BCUT2D eigenvalue weighted by Crippen LogP contribution is -2.49. The average Bonchev–Trinajstić information content (AvgIpc) is 3.12. The van der Waals surface area contributed by atoms with Crippen molar-refractivity contribution in [1.29, 1.82) is 0 Å². The van der Waals surface area contributed by atoms with Gasteiger partial charge < -0.3 is 35.3 Å². The number of hydrogen-bond donors (Lipinski definition) is 3. The van der Waals surface area contributed by atoms with Crippen molar-refractivity contribution in [3.63, 3.8) is 0 Å². The van der Waals surface area contributed by atoms with Gasteiger partial charge in [0.2, 0.25) is 0 Å². The first-order valence-corrected chi connectivity index (χ1v) is 14.0. The molecule has 0 saturated carbocycles. The number of esters is 1. The first kappa shape index (κ1) is 32.7. The number of nitrogens with one attached hydrogen (secondary N) is 2. The lowest BCUT2D eigenvalue weighted by Gasteiger charge is -2.36.